The van der Waals surface area contributed by atoms with Crippen molar-refractivity contribution in [2.45, 2.75) is 46.6 Å². The van der Waals surface area contributed by atoms with Crippen LogP contribution in [-0.4, -0.2) is 34.3 Å². The Labute approximate surface area is 124 Å². The molecule has 21 heavy (non-hydrogen) atoms. The molecule has 0 amide bonds. The highest BCUT2D eigenvalue weighted by molar-refractivity contribution is 5.70. The molecule has 0 spiro atoms. The van der Waals surface area contributed by atoms with E-state index in [0.717, 1.165) is 11.3 Å². The fourth-order valence-corrected chi connectivity index (χ4v) is 2.62. The lowest BCUT2D eigenvalue weighted by Gasteiger charge is -2.30. The van der Waals surface area contributed by atoms with E-state index in [4.69, 9.17) is 9.84 Å². The van der Waals surface area contributed by atoms with Gasteiger partial charge in [0, 0.05) is 18.5 Å². The Bertz CT molecular complexity index is 590. The maximum absolute atomic E-state index is 12.2. The predicted octanol–water partition coefficient (Wildman–Crippen LogP) is 1.50. The summed E-state index contributed by atoms with van der Waals surface area (Å²) in [4.78, 5) is 27.4. The molecule has 0 bridgehead atoms. The molecule has 0 aliphatic carbocycles. The molecule has 1 rings (SSSR count). The first kappa shape index (κ1) is 17.4. The lowest BCUT2D eigenvalue weighted by molar-refractivity contribution is -0.141. The van der Waals surface area contributed by atoms with Gasteiger partial charge in [-0.1, -0.05) is 6.92 Å². The van der Waals surface area contributed by atoms with Crippen LogP contribution in [0.2, 0.25) is 0 Å². The maximum atomic E-state index is 12.2. The number of carboxylic acid groups (broad SMARTS) is 1. The van der Waals surface area contributed by atoms with Gasteiger partial charge in [0.1, 0.15) is 0 Å². The highest BCUT2D eigenvalue weighted by Gasteiger charge is 2.27. The van der Waals surface area contributed by atoms with E-state index in [2.05, 4.69) is 4.98 Å². The van der Waals surface area contributed by atoms with Gasteiger partial charge < -0.3 is 9.84 Å². The third kappa shape index (κ3) is 3.69. The number of hydrogen-bond donors (Lipinski definition) is 1. The van der Waals surface area contributed by atoms with Crippen LogP contribution in [-0.2, 0) is 21.5 Å². The van der Waals surface area contributed by atoms with Crippen LogP contribution < -0.4 is 5.69 Å². The molecule has 0 aromatic carbocycles. The number of nitrogens with zero attached hydrogens (tertiary/aromatic N) is 2. The summed E-state index contributed by atoms with van der Waals surface area (Å²) in [6.07, 6.45) is 0.351. The number of hydrogen-bond acceptors (Lipinski definition) is 4. The molecular weight excluding hydrogens is 272 g/mol. The highest BCUT2D eigenvalue weighted by Crippen LogP contribution is 2.21. The van der Waals surface area contributed by atoms with Gasteiger partial charge in [0.25, 0.3) is 0 Å². The molecule has 6 heteroatoms. The van der Waals surface area contributed by atoms with Crippen LogP contribution in [0, 0.1) is 19.8 Å². The molecular formula is C15H24N2O4. The highest BCUT2D eigenvalue weighted by atomic mass is 16.5. The summed E-state index contributed by atoms with van der Waals surface area (Å²) >= 11 is 0. The molecule has 0 aliphatic heterocycles. The summed E-state index contributed by atoms with van der Waals surface area (Å²) in [6.45, 7) is 9.38. The quantitative estimate of drug-likeness (QED) is 0.860. The van der Waals surface area contributed by atoms with Crippen molar-refractivity contribution in [3.63, 3.8) is 0 Å². The Morgan fingerprint density at radius 1 is 1.43 bits per heavy atom. The lowest BCUT2D eigenvalue weighted by Crippen LogP contribution is -2.43. The van der Waals surface area contributed by atoms with Crippen molar-refractivity contribution in [3.8, 4) is 0 Å². The van der Waals surface area contributed by atoms with Crippen molar-refractivity contribution in [3.05, 3.63) is 27.4 Å². The first-order valence-electron chi connectivity index (χ1n) is 6.93. The average Bonchev–Trinajstić information content (AvgIpc) is 2.32. The standard InChI is InChI=1S/C15H24N2O4/c1-9(13(18)19)7-12-10(2)16-14(20)17(11(12)3)15(4,5)8-21-6/h9H,7-8H2,1-6H3,(H,18,19). The topological polar surface area (TPSA) is 81.4 Å². The molecule has 1 unspecified atom stereocenters. The van der Waals surface area contributed by atoms with E-state index in [1.807, 2.05) is 20.8 Å². The Hall–Kier alpha value is -1.69. The summed E-state index contributed by atoms with van der Waals surface area (Å²) in [6, 6.07) is 0. The van der Waals surface area contributed by atoms with Crippen LogP contribution in [0.5, 0.6) is 0 Å². The van der Waals surface area contributed by atoms with Crippen molar-refractivity contribution in [1.82, 2.24) is 9.55 Å². The van der Waals surface area contributed by atoms with Crippen LogP contribution in [0.25, 0.3) is 0 Å². The molecule has 6 nitrogen and oxygen atoms in total. The van der Waals surface area contributed by atoms with Gasteiger partial charge >= 0.3 is 11.7 Å². The fourth-order valence-electron chi connectivity index (χ4n) is 2.62. The van der Waals surface area contributed by atoms with Gasteiger partial charge in [-0.15, -0.1) is 0 Å². The molecule has 1 atom stereocenters. The number of carboxylic acids is 1. The number of rotatable bonds is 6. The number of ether oxygens (including phenoxy) is 1. The normalized spacial score (nSPS) is 13.2. The smallest absolute Gasteiger partial charge is 0.348 e. The molecule has 1 heterocycles. The zero-order valence-corrected chi connectivity index (χ0v) is 13.6. The predicted molar refractivity (Wildman–Crippen MR) is 79.7 cm³/mol. The molecule has 0 saturated carbocycles. The number of aliphatic carboxylic acids is 1. The summed E-state index contributed by atoms with van der Waals surface area (Å²) in [5.74, 6) is -1.39. The second kappa shape index (κ2) is 6.39. The minimum absolute atomic E-state index is 0.334. The Kier molecular flexibility index (Phi) is 5.28. The van der Waals surface area contributed by atoms with Gasteiger partial charge in [-0.05, 0) is 39.7 Å². The van der Waals surface area contributed by atoms with E-state index in [-0.39, 0.29) is 5.69 Å². The van der Waals surface area contributed by atoms with Crippen molar-refractivity contribution in [2.24, 2.45) is 5.92 Å². The van der Waals surface area contributed by atoms with Crippen molar-refractivity contribution in [2.75, 3.05) is 13.7 Å². The van der Waals surface area contributed by atoms with Crippen molar-refractivity contribution < 1.29 is 14.6 Å². The van der Waals surface area contributed by atoms with Crippen LogP contribution >= 0.6 is 0 Å². The van der Waals surface area contributed by atoms with Crippen molar-refractivity contribution in [1.29, 1.82) is 0 Å². The number of aromatic nitrogens is 2. The average molecular weight is 296 g/mol. The van der Waals surface area contributed by atoms with Gasteiger partial charge in [-0.3, -0.25) is 9.36 Å². The van der Waals surface area contributed by atoms with E-state index < -0.39 is 17.4 Å². The molecule has 1 aromatic heterocycles. The first-order chi connectivity index (χ1) is 9.61. The van der Waals surface area contributed by atoms with Gasteiger partial charge in [-0.2, -0.15) is 4.98 Å². The van der Waals surface area contributed by atoms with Gasteiger partial charge in [0.05, 0.1) is 18.1 Å². The van der Waals surface area contributed by atoms with Crippen LogP contribution in [0.1, 0.15) is 37.7 Å². The summed E-state index contributed by atoms with van der Waals surface area (Å²) in [5.41, 5.74) is 1.28. The zero-order valence-electron chi connectivity index (χ0n) is 13.6. The maximum Gasteiger partial charge on any atom is 0.348 e. The minimum Gasteiger partial charge on any atom is -0.481 e. The van der Waals surface area contributed by atoms with Gasteiger partial charge in [0.15, 0.2) is 0 Å². The molecule has 0 saturated heterocycles. The summed E-state index contributed by atoms with van der Waals surface area (Å²) in [7, 11) is 1.58. The number of carbonyl (C=O) groups is 1. The third-order valence-corrected chi connectivity index (χ3v) is 3.70. The fraction of sp³-hybridized carbons (Fsp3) is 0.667. The molecule has 1 N–H and O–H groups in total. The zero-order chi connectivity index (χ0) is 16.4. The summed E-state index contributed by atoms with van der Waals surface area (Å²) in [5, 5.41) is 9.08. The molecule has 0 aliphatic rings. The van der Waals surface area contributed by atoms with Crippen LogP contribution in [0.15, 0.2) is 4.79 Å². The summed E-state index contributed by atoms with van der Waals surface area (Å²) < 4.78 is 6.77. The van der Waals surface area contributed by atoms with Crippen molar-refractivity contribution >= 4 is 5.97 Å². The second-order valence-electron chi connectivity index (χ2n) is 6.07. The number of aryl methyl sites for hydroxylation is 1. The van der Waals surface area contributed by atoms with Crippen LogP contribution in [0.3, 0.4) is 0 Å². The van der Waals surface area contributed by atoms with Gasteiger partial charge in [0.2, 0.25) is 0 Å². The Balaban J connectivity index is 3.42. The third-order valence-electron chi connectivity index (χ3n) is 3.70. The molecule has 1 aromatic rings. The number of methoxy groups -OCH3 is 1. The lowest BCUT2D eigenvalue weighted by atomic mass is 9.97. The molecule has 118 valence electrons. The van der Waals surface area contributed by atoms with Gasteiger partial charge in [-0.25, -0.2) is 4.79 Å². The SMILES string of the molecule is COCC(C)(C)n1c(C)c(CC(C)C(=O)O)c(C)nc1=O. The molecule has 0 fully saturated rings. The van der Waals surface area contributed by atoms with E-state index in [1.54, 1.807) is 25.5 Å². The Morgan fingerprint density at radius 2 is 2.00 bits per heavy atom. The monoisotopic (exact) mass is 296 g/mol. The largest absolute Gasteiger partial charge is 0.481 e. The van der Waals surface area contributed by atoms with E-state index in [9.17, 15) is 9.59 Å². The first-order valence-corrected chi connectivity index (χ1v) is 6.93. The molecule has 0 radical (unpaired) electrons. The van der Waals surface area contributed by atoms with E-state index >= 15 is 0 Å². The minimum atomic E-state index is -0.859. The van der Waals surface area contributed by atoms with E-state index in [0.29, 0.717) is 18.7 Å². The van der Waals surface area contributed by atoms with E-state index in [1.165, 1.54) is 0 Å². The van der Waals surface area contributed by atoms with Crippen LogP contribution in [0.4, 0.5) is 0 Å². The second-order valence-corrected chi connectivity index (χ2v) is 6.07. The Morgan fingerprint density at radius 3 is 2.48 bits per heavy atom.